The zero-order valence-corrected chi connectivity index (χ0v) is 10.3. The van der Waals surface area contributed by atoms with Crippen molar-refractivity contribution < 1.29 is 14.4 Å². The number of hydrogen-bond acceptors (Lipinski definition) is 5. The van der Waals surface area contributed by atoms with E-state index in [1.807, 2.05) is 4.90 Å². The first-order valence-electron chi connectivity index (χ1n) is 6.23. The highest BCUT2D eigenvalue weighted by Gasteiger charge is 2.51. The normalized spacial score (nSPS) is 22.6. The van der Waals surface area contributed by atoms with E-state index in [-0.39, 0.29) is 5.91 Å². The van der Waals surface area contributed by atoms with Gasteiger partial charge in [-0.3, -0.25) is 9.69 Å². The summed E-state index contributed by atoms with van der Waals surface area (Å²) in [5, 5.41) is 16.5. The van der Waals surface area contributed by atoms with Gasteiger partial charge in [-0.2, -0.15) is 0 Å². The lowest BCUT2D eigenvalue weighted by molar-refractivity contribution is -0.132. The molecule has 0 aromatic carbocycles. The smallest absolute Gasteiger partial charge is 0.239 e. The standard InChI is InChI=1S/C12H17N3O3/c1-8-4-10(14-18-8)13-11(16)5-15-6-12(17,7-15)9-2-3-9/h4,9,17H,2-3,5-7H2,1H3,(H,13,14,16). The van der Waals surface area contributed by atoms with E-state index in [1.165, 1.54) is 0 Å². The van der Waals surface area contributed by atoms with Crippen molar-refractivity contribution in [2.45, 2.75) is 25.4 Å². The second-order valence-electron chi connectivity index (χ2n) is 5.39. The monoisotopic (exact) mass is 251 g/mol. The minimum Gasteiger partial charge on any atom is -0.387 e. The molecule has 2 heterocycles. The van der Waals surface area contributed by atoms with Crippen LogP contribution in [0.1, 0.15) is 18.6 Å². The number of aryl methyl sites for hydroxylation is 1. The van der Waals surface area contributed by atoms with Crippen molar-refractivity contribution in [3.8, 4) is 0 Å². The zero-order chi connectivity index (χ0) is 12.8. The molecule has 0 unspecified atom stereocenters. The van der Waals surface area contributed by atoms with Gasteiger partial charge in [0.25, 0.3) is 0 Å². The Labute approximate surface area is 105 Å². The minimum atomic E-state index is -0.537. The zero-order valence-electron chi connectivity index (χ0n) is 10.3. The van der Waals surface area contributed by atoms with Crippen molar-refractivity contribution in [1.82, 2.24) is 10.1 Å². The second kappa shape index (κ2) is 4.07. The first-order valence-corrected chi connectivity index (χ1v) is 6.23. The Morgan fingerprint density at radius 2 is 2.39 bits per heavy atom. The summed E-state index contributed by atoms with van der Waals surface area (Å²) in [4.78, 5) is 13.7. The number of amides is 1. The third-order valence-corrected chi connectivity index (χ3v) is 3.59. The summed E-state index contributed by atoms with van der Waals surface area (Å²) in [6.07, 6.45) is 2.24. The van der Waals surface area contributed by atoms with Gasteiger partial charge in [-0.1, -0.05) is 5.16 Å². The molecule has 0 radical (unpaired) electrons. The molecular formula is C12H17N3O3. The van der Waals surface area contributed by atoms with Gasteiger partial charge in [0.05, 0.1) is 12.1 Å². The van der Waals surface area contributed by atoms with Gasteiger partial charge in [-0.05, 0) is 25.7 Å². The molecule has 1 saturated carbocycles. The van der Waals surface area contributed by atoms with Gasteiger partial charge in [-0.25, -0.2) is 0 Å². The molecule has 1 saturated heterocycles. The average molecular weight is 251 g/mol. The van der Waals surface area contributed by atoms with Gasteiger partial charge in [-0.15, -0.1) is 0 Å². The number of β-amino-alcohol motifs (C(OH)–C–C–N with tert-alkyl or cyclic N) is 1. The van der Waals surface area contributed by atoms with Crippen molar-refractivity contribution in [2.75, 3.05) is 25.0 Å². The maximum absolute atomic E-state index is 11.7. The molecule has 1 aliphatic carbocycles. The summed E-state index contributed by atoms with van der Waals surface area (Å²) in [7, 11) is 0. The quantitative estimate of drug-likeness (QED) is 0.808. The van der Waals surface area contributed by atoms with Crippen LogP contribution in [0.3, 0.4) is 0 Å². The van der Waals surface area contributed by atoms with Crippen LogP contribution >= 0.6 is 0 Å². The fourth-order valence-corrected chi connectivity index (χ4v) is 2.53. The van der Waals surface area contributed by atoms with Gasteiger partial charge in [0.2, 0.25) is 5.91 Å². The Hall–Kier alpha value is -1.40. The summed E-state index contributed by atoms with van der Waals surface area (Å²) < 4.78 is 4.87. The van der Waals surface area contributed by atoms with Crippen LogP contribution in [0.15, 0.2) is 10.6 Å². The molecule has 3 rings (SSSR count). The molecule has 0 atom stereocenters. The molecule has 6 nitrogen and oxygen atoms in total. The van der Waals surface area contributed by atoms with Crippen molar-refractivity contribution >= 4 is 11.7 Å². The Morgan fingerprint density at radius 3 is 2.94 bits per heavy atom. The number of nitrogens with one attached hydrogen (secondary N) is 1. The number of anilines is 1. The number of likely N-dealkylation sites (tertiary alicyclic amines) is 1. The summed E-state index contributed by atoms with van der Waals surface area (Å²) in [5.41, 5.74) is -0.537. The SMILES string of the molecule is Cc1cc(NC(=O)CN2CC(O)(C3CC3)C2)no1. The highest BCUT2D eigenvalue weighted by Crippen LogP contribution is 2.44. The minimum absolute atomic E-state index is 0.124. The largest absolute Gasteiger partial charge is 0.387 e. The Kier molecular flexibility index (Phi) is 2.64. The molecule has 18 heavy (non-hydrogen) atoms. The predicted molar refractivity (Wildman–Crippen MR) is 64.0 cm³/mol. The molecule has 0 bridgehead atoms. The van der Waals surface area contributed by atoms with E-state index in [2.05, 4.69) is 10.5 Å². The van der Waals surface area contributed by atoms with Gasteiger partial charge >= 0.3 is 0 Å². The van der Waals surface area contributed by atoms with Crippen molar-refractivity contribution in [3.63, 3.8) is 0 Å². The van der Waals surface area contributed by atoms with E-state index < -0.39 is 5.60 Å². The fraction of sp³-hybridized carbons (Fsp3) is 0.667. The molecule has 1 aromatic rings. The first-order chi connectivity index (χ1) is 8.55. The summed E-state index contributed by atoms with van der Waals surface area (Å²) in [5.74, 6) is 1.43. The van der Waals surface area contributed by atoms with Crippen LogP contribution in [0.2, 0.25) is 0 Å². The van der Waals surface area contributed by atoms with Crippen LogP contribution in [0.5, 0.6) is 0 Å². The van der Waals surface area contributed by atoms with E-state index in [0.29, 0.717) is 37.1 Å². The van der Waals surface area contributed by atoms with Crippen LogP contribution in [0, 0.1) is 12.8 Å². The molecule has 1 aromatic heterocycles. The van der Waals surface area contributed by atoms with Crippen LogP contribution in [0.4, 0.5) is 5.82 Å². The number of carbonyl (C=O) groups is 1. The first kappa shape index (κ1) is 11.7. The molecule has 1 aliphatic heterocycles. The Balaban J connectivity index is 1.45. The maximum Gasteiger partial charge on any atom is 0.239 e. The molecule has 1 amide bonds. The third kappa shape index (κ3) is 2.26. The van der Waals surface area contributed by atoms with E-state index in [9.17, 15) is 9.90 Å². The van der Waals surface area contributed by atoms with Crippen molar-refractivity contribution in [3.05, 3.63) is 11.8 Å². The molecule has 2 fully saturated rings. The van der Waals surface area contributed by atoms with Crippen LogP contribution in [-0.4, -0.2) is 46.3 Å². The lowest BCUT2D eigenvalue weighted by atomic mass is 9.89. The number of nitrogens with zero attached hydrogens (tertiary/aromatic N) is 2. The Bertz CT molecular complexity index is 461. The number of aromatic nitrogens is 1. The summed E-state index contributed by atoms with van der Waals surface area (Å²) in [6, 6.07) is 1.68. The molecule has 2 N–H and O–H groups in total. The van der Waals surface area contributed by atoms with E-state index in [0.717, 1.165) is 12.8 Å². The number of carbonyl (C=O) groups excluding carboxylic acids is 1. The molecule has 2 aliphatic rings. The van der Waals surface area contributed by atoms with E-state index >= 15 is 0 Å². The Morgan fingerprint density at radius 1 is 1.67 bits per heavy atom. The van der Waals surface area contributed by atoms with Gasteiger partial charge < -0.3 is 14.9 Å². The highest BCUT2D eigenvalue weighted by molar-refractivity contribution is 5.91. The lowest BCUT2D eigenvalue weighted by Crippen LogP contribution is -2.64. The number of aliphatic hydroxyl groups is 1. The van der Waals surface area contributed by atoms with Crippen LogP contribution in [-0.2, 0) is 4.79 Å². The molecule has 0 spiro atoms. The fourth-order valence-electron chi connectivity index (χ4n) is 2.53. The predicted octanol–water partition coefficient (Wildman–Crippen LogP) is 0.378. The van der Waals surface area contributed by atoms with E-state index in [1.54, 1.807) is 13.0 Å². The average Bonchev–Trinajstić information content (AvgIpc) is 3.02. The van der Waals surface area contributed by atoms with E-state index in [4.69, 9.17) is 4.52 Å². The second-order valence-corrected chi connectivity index (χ2v) is 5.39. The van der Waals surface area contributed by atoms with Gasteiger partial charge in [0.15, 0.2) is 5.82 Å². The van der Waals surface area contributed by atoms with Gasteiger partial charge in [0.1, 0.15) is 5.76 Å². The van der Waals surface area contributed by atoms with Crippen molar-refractivity contribution in [1.29, 1.82) is 0 Å². The van der Waals surface area contributed by atoms with Crippen LogP contribution < -0.4 is 5.32 Å². The van der Waals surface area contributed by atoms with Crippen LogP contribution in [0.25, 0.3) is 0 Å². The lowest BCUT2D eigenvalue weighted by Gasteiger charge is -2.46. The van der Waals surface area contributed by atoms with Crippen molar-refractivity contribution in [2.24, 2.45) is 5.92 Å². The maximum atomic E-state index is 11.7. The molecular weight excluding hydrogens is 234 g/mol. The third-order valence-electron chi connectivity index (χ3n) is 3.59. The summed E-state index contributed by atoms with van der Waals surface area (Å²) >= 11 is 0. The topological polar surface area (TPSA) is 78.6 Å². The van der Waals surface area contributed by atoms with Gasteiger partial charge in [0, 0.05) is 19.2 Å². The molecule has 98 valence electrons. The summed E-state index contributed by atoms with van der Waals surface area (Å²) in [6.45, 7) is 3.26. The molecule has 6 heteroatoms. The number of rotatable bonds is 4. The highest BCUT2D eigenvalue weighted by atomic mass is 16.5. The number of hydrogen-bond donors (Lipinski definition) is 2.